The van der Waals surface area contributed by atoms with Crippen LogP contribution in [0, 0.1) is 17.9 Å². The van der Waals surface area contributed by atoms with Gasteiger partial charge in [0.2, 0.25) is 0 Å². The molecular formula is C15H18N2. The Balaban J connectivity index is 2.20. The Labute approximate surface area is 103 Å². The molecule has 2 nitrogen and oxygen atoms in total. The van der Waals surface area contributed by atoms with Crippen molar-refractivity contribution < 1.29 is 0 Å². The molecule has 0 aromatic rings. The van der Waals surface area contributed by atoms with Crippen molar-refractivity contribution >= 4 is 0 Å². The van der Waals surface area contributed by atoms with Crippen LogP contribution in [0.3, 0.4) is 0 Å². The molecule has 0 fully saturated rings. The van der Waals surface area contributed by atoms with Gasteiger partial charge in [-0.2, -0.15) is 5.26 Å². The molecule has 1 atom stereocenters. The van der Waals surface area contributed by atoms with Crippen molar-refractivity contribution in [1.82, 2.24) is 0 Å². The summed E-state index contributed by atoms with van der Waals surface area (Å²) < 4.78 is 0. The molecule has 0 aliphatic heterocycles. The first-order valence-corrected chi connectivity index (χ1v) is 6.48. The van der Waals surface area contributed by atoms with Crippen LogP contribution in [0.5, 0.6) is 0 Å². The van der Waals surface area contributed by atoms with Crippen LogP contribution < -0.4 is 0 Å². The van der Waals surface area contributed by atoms with Gasteiger partial charge in [-0.05, 0) is 44.9 Å². The van der Waals surface area contributed by atoms with Crippen LogP contribution in [0.2, 0.25) is 0 Å². The van der Waals surface area contributed by atoms with Crippen LogP contribution in [0.15, 0.2) is 23.3 Å². The highest BCUT2D eigenvalue weighted by molar-refractivity contribution is 5.40. The third kappa shape index (κ3) is 2.42. The molecule has 0 radical (unpaired) electrons. The van der Waals surface area contributed by atoms with E-state index in [1.807, 2.05) is 0 Å². The number of nitrogens with zero attached hydrogens (tertiary/aromatic N) is 2. The Morgan fingerprint density at radius 1 is 1.24 bits per heavy atom. The Bertz CT molecular complexity index is 415. The maximum absolute atomic E-state index is 9.44. The van der Waals surface area contributed by atoms with E-state index in [1.54, 1.807) is 0 Å². The highest BCUT2D eigenvalue weighted by atomic mass is 14.8. The van der Waals surface area contributed by atoms with Gasteiger partial charge in [-0.25, -0.2) is 6.57 Å². The zero-order chi connectivity index (χ0) is 12.1. The average molecular weight is 226 g/mol. The molecule has 1 unspecified atom stereocenters. The average Bonchev–Trinajstić information content (AvgIpc) is 2.92. The molecule has 2 heteroatoms. The van der Waals surface area contributed by atoms with E-state index in [-0.39, 0.29) is 0 Å². The maximum Gasteiger partial charge on any atom is 0.340 e. The fourth-order valence-corrected chi connectivity index (χ4v) is 2.80. The van der Waals surface area contributed by atoms with Gasteiger partial charge in [-0.1, -0.05) is 17.7 Å². The molecule has 17 heavy (non-hydrogen) atoms. The van der Waals surface area contributed by atoms with Crippen LogP contribution in [-0.2, 0) is 0 Å². The van der Waals surface area contributed by atoms with Crippen LogP contribution in [0.25, 0.3) is 4.85 Å². The Morgan fingerprint density at radius 2 is 2.06 bits per heavy atom. The van der Waals surface area contributed by atoms with E-state index in [0.717, 1.165) is 37.7 Å². The molecule has 2 aliphatic rings. The van der Waals surface area contributed by atoms with E-state index in [1.165, 1.54) is 18.4 Å². The zero-order valence-corrected chi connectivity index (χ0v) is 10.2. The van der Waals surface area contributed by atoms with E-state index in [0.29, 0.717) is 6.42 Å². The third-order valence-electron chi connectivity index (χ3n) is 3.82. The second kappa shape index (κ2) is 5.19. The van der Waals surface area contributed by atoms with Crippen molar-refractivity contribution in [1.29, 1.82) is 5.26 Å². The lowest BCUT2D eigenvalue weighted by Crippen LogP contribution is -2.25. The SMILES string of the molecule is [C-]#[N+]C(C#N)(CC1=CCCCC1)C1=CCCC1. The maximum atomic E-state index is 9.44. The molecule has 0 amide bonds. The van der Waals surface area contributed by atoms with Gasteiger partial charge in [0.25, 0.3) is 0 Å². The van der Waals surface area contributed by atoms with Gasteiger partial charge in [-0.3, -0.25) is 4.85 Å². The number of hydrogen-bond donors (Lipinski definition) is 0. The normalized spacial score (nSPS) is 22.9. The minimum absolute atomic E-state index is 0.638. The predicted molar refractivity (Wildman–Crippen MR) is 68.0 cm³/mol. The van der Waals surface area contributed by atoms with Crippen LogP contribution in [-0.4, -0.2) is 5.54 Å². The highest BCUT2D eigenvalue weighted by Crippen LogP contribution is 2.37. The van der Waals surface area contributed by atoms with E-state index in [9.17, 15) is 5.26 Å². The van der Waals surface area contributed by atoms with Crippen LogP contribution >= 0.6 is 0 Å². The van der Waals surface area contributed by atoms with Crippen LogP contribution in [0.1, 0.15) is 51.4 Å². The second-order valence-electron chi connectivity index (χ2n) is 4.99. The molecular weight excluding hydrogens is 208 g/mol. The van der Waals surface area contributed by atoms with E-state index in [2.05, 4.69) is 23.1 Å². The topological polar surface area (TPSA) is 28.1 Å². The summed E-state index contributed by atoms with van der Waals surface area (Å²) in [5.41, 5.74) is 1.50. The number of hydrogen-bond acceptors (Lipinski definition) is 1. The zero-order valence-electron chi connectivity index (χ0n) is 10.2. The Hall–Kier alpha value is -1.54. The fraction of sp³-hybridized carbons (Fsp3) is 0.600. The van der Waals surface area contributed by atoms with Gasteiger partial charge < -0.3 is 0 Å². The minimum Gasteiger partial charge on any atom is -0.289 e. The lowest BCUT2D eigenvalue weighted by Gasteiger charge is -2.19. The van der Waals surface area contributed by atoms with E-state index >= 15 is 0 Å². The lowest BCUT2D eigenvalue weighted by molar-refractivity contribution is 0.620. The molecule has 0 bridgehead atoms. The smallest absolute Gasteiger partial charge is 0.289 e. The van der Waals surface area contributed by atoms with Crippen molar-refractivity contribution in [3.63, 3.8) is 0 Å². The molecule has 0 aromatic carbocycles. The number of rotatable bonds is 3. The Kier molecular flexibility index (Phi) is 3.64. The quantitative estimate of drug-likeness (QED) is 0.524. The van der Waals surface area contributed by atoms with Crippen molar-refractivity contribution in [2.45, 2.75) is 56.9 Å². The fourth-order valence-electron chi connectivity index (χ4n) is 2.80. The first kappa shape index (κ1) is 11.9. The standard InChI is InChI=1S/C15H18N2/c1-17-15(12-16,14-9-5-6-10-14)11-13-7-3-2-4-8-13/h7,9H,2-6,8,10-11H2. The molecule has 2 rings (SSSR count). The summed E-state index contributed by atoms with van der Waals surface area (Å²) in [6.07, 6.45) is 12.7. The lowest BCUT2D eigenvalue weighted by atomic mass is 9.82. The third-order valence-corrected chi connectivity index (χ3v) is 3.82. The summed E-state index contributed by atoms with van der Waals surface area (Å²) in [5, 5.41) is 9.44. The van der Waals surface area contributed by atoms with Crippen LogP contribution in [0.4, 0.5) is 0 Å². The molecule has 0 spiro atoms. The van der Waals surface area contributed by atoms with Crippen molar-refractivity contribution in [2.75, 3.05) is 0 Å². The summed E-state index contributed by atoms with van der Waals surface area (Å²) in [6, 6.07) is 2.29. The summed E-state index contributed by atoms with van der Waals surface area (Å²) in [7, 11) is 0. The molecule has 0 heterocycles. The summed E-state index contributed by atoms with van der Waals surface area (Å²) >= 11 is 0. The monoisotopic (exact) mass is 226 g/mol. The van der Waals surface area contributed by atoms with Gasteiger partial charge in [0.05, 0.1) is 6.42 Å². The van der Waals surface area contributed by atoms with E-state index in [4.69, 9.17) is 6.57 Å². The van der Waals surface area contributed by atoms with Gasteiger partial charge in [0.15, 0.2) is 6.07 Å². The molecule has 0 saturated heterocycles. The van der Waals surface area contributed by atoms with Gasteiger partial charge in [0.1, 0.15) is 0 Å². The van der Waals surface area contributed by atoms with Gasteiger partial charge in [-0.15, -0.1) is 0 Å². The molecule has 2 aliphatic carbocycles. The molecule has 0 aromatic heterocycles. The number of nitriles is 1. The van der Waals surface area contributed by atoms with Gasteiger partial charge in [0, 0.05) is 5.57 Å². The van der Waals surface area contributed by atoms with Crippen molar-refractivity contribution in [2.24, 2.45) is 0 Å². The van der Waals surface area contributed by atoms with Crippen molar-refractivity contribution in [3.05, 3.63) is 34.7 Å². The second-order valence-corrected chi connectivity index (χ2v) is 4.99. The van der Waals surface area contributed by atoms with Crippen molar-refractivity contribution in [3.8, 4) is 6.07 Å². The first-order chi connectivity index (χ1) is 8.30. The van der Waals surface area contributed by atoms with E-state index < -0.39 is 5.54 Å². The summed E-state index contributed by atoms with van der Waals surface area (Å²) in [6.45, 7) is 7.43. The molecule has 0 saturated carbocycles. The molecule has 88 valence electrons. The Morgan fingerprint density at radius 3 is 2.59 bits per heavy atom. The summed E-state index contributed by atoms with van der Waals surface area (Å²) in [4.78, 5) is 3.69. The molecule has 0 N–H and O–H groups in total. The number of allylic oxidation sites excluding steroid dienone is 2. The first-order valence-electron chi connectivity index (χ1n) is 6.48. The largest absolute Gasteiger partial charge is 0.340 e. The minimum atomic E-state index is -0.889. The summed E-state index contributed by atoms with van der Waals surface area (Å²) in [5.74, 6) is 0. The highest BCUT2D eigenvalue weighted by Gasteiger charge is 2.42. The predicted octanol–water partition coefficient (Wildman–Crippen LogP) is 4.17. The van der Waals surface area contributed by atoms with Gasteiger partial charge >= 0.3 is 5.54 Å².